The maximum Gasteiger partial charge on any atom is 0.123 e. The monoisotopic (exact) mass is 235 g/mol. The molecule has 2 heteroatoms. The van der Waals surface area contributed by atoms with Crippen LogP contribution in [0.1, 0.15) is 50.7 Å². The van der Waals surface area contributed by atoms with Crippen molar-refractivity contribution in [1.82, 2.24) is 0 Å². The molecule has 1 fully saturated rings. The lowest BCUT2D eigenvalue weighted by Gasteiger charge is -2.41. The predicted octanol–water partition coefficient (Wildman–Crippen LogP) is 3.89. The van der Waals surface area contributed by atoms with E-state index in [1.54, 1.807) is 12.1 Å². The van der Waals surface area contributed by atoms with Crippen LogP contribution in [0.15, 0.2) is 18.2 Å². The van der Waals surface area contributed by atoms with Crippen LogP contribution >= 0.6 is 0 Å². The Morgan fingerprint density at radius 1 is 1.06 bits per heavy atom. The van der Waals surface area contributed by atoms with E-state index < -0.39 is 0 Å². The van der Waals surface area contributed by atoms with E-state index in [0.717, 1.165) is 36.8 Å². The van der Waals surface area contributed by atoms with Crippen molar-refractivity contribution in [3.8, 4) is 0 Å². The van der Waals surface area contributed by atoms with Gasteiger partial charge in [0, 0.05) is 5.54 Å². The van der Waals surface area contributed by atoms with Crippen molar-refractivity contribution in [2.45, 2.75) is 52.0 Å². The van der Waals surface area contributed by atoms with Gasteiger partial charge in [-0.05, 0) is 61.3 Å². The van der Waals surface area contributed by atoms with Crippen LogP contribution in [0.2, 0.25) is 0 Å². The minimum Gasteiger partial charge on any atom is -0.321 e. The molecule has 94 valence electrons. The van der Waals surface area contributed by atoms with Crippen molar-refractivity contribution in [2.24, 2.45) is 11.1 Å². The Labute approximate surface area is 103 Å². The fraction of sp³-hybridized carbons (Fsp3) is 0.600. The molecule has 0 saturated heterocycles. The Balaban J connectivity index is 2.27. The van der Waals surface area contributed by atoms with Crippen LogP contribution in [0.3, 0.4) is 0 Å². The lowest BCUT2D eigenvalue weighted by Crippen LogP contribution is -2.42. The van der Waals surface area contributed by atoms with Gasteiger partial charge in [0.25, 0.3) is 0 Å². The minimum atomic E-state index is -0.331. The minimum absolute atomic E-state index is 0.172. The van der Waals surface area contributed by atoms with Crippen LogP contribution in [0, 0.1) is 18.2 Å². The van der Waals surface area contributed by atoms with E-state index in [4.69, 9.17) is 5.73 Å². The van der Waals surface area contributed by atoms with E-state index in [1.807, 2.05) is 13.0 Å². The molecule has 0 atom stereocenters. The number of nitrogens with two attached hydrogens (primary N) is 1. The fourth-order valence-corrected chi connectivity index (χ4v) is 2.69. The predicted molar refractivity (Wildman–Crippen MR) is 69.3 cm³/mol. The highest BCUT2D eigenvalue weighted by Gasteiger charge is 2.36. The summed E-state index contributed by atoms with van der Waals surface area (Å²) in [4.78, 5) is 0. The first-order valence-corrected chi connectivity index (χ1v) is 6.37. The van der Waals surface area contributed by atoms with Crippen LogP contribution in [0.4, 0.5) is 4.39 Å². The molecule has 0 aromatic heterocycles. The average Bonchev–Trinajstić information content (AvgIpc) is 2.22. The fourth-order valence-electron chi connectivity index (χ4n) is 2.69. The standard InChI is InChI=1S/C15H22FN/c1-11-8-12(10-13(16)9-11)15(17)6-4-14(2,3)5-7-15/h8-10H,4-7,17H2,1-3H3. The van der Waals surface area contributed by atoms with Crippen LogP contribution in [-0.4, -0.2) is 0 Å². The maximum atomic E-state index is 13.4. The van der Waals surface area contributed by atoms with Crippen molar-refractivity contribution in [3.63, 3.8) is 0 Å². The smallest absolute Gasteiger partial charge is 0.123 e. The Morgan fingerprint density at radius 3 is 2.18 bits per heavy atom. The summed E-state index contributed by atoms with van der Waals surface area (Å²) in [6.07, 6.45) is 4.11. The molecule has 1 aromatic rings. The third kappa shape index (κ3) is 2.68. The zero-order valence-electron chi connectivity index (χ0n) is 11.0. The van der Waals surface area contributed by atoms with Crippen molar-refractivity contribution in [1.29, 1.82) is 0 Å². The SMILES string of the molecule is Cc1cc(F)cc(C2(N)CCC(C)(C)CC2)c1. The molecule has 0 amide bonds. The number of aryl methyl sites for hydroxylation is 1. The Hall–Kier alpha value is -0.890. The summed E-state index contributed by atoms with van der Waals surface area (Å²) in [5.74, 6) is -0.172. The third-order valence-electron chi connectivity index (χ3n) is 4.11. The van der Waals surface area contributed by atoms with E-state index in [-0.39, 0.29) is 11.4 Å². The van der Waals surface area contributed by atoms with Crippen LogP contribution in [-0.2, 0) is 5.54 Å². The number of benzene rings is 1. The van der Waals surface area contributed by atoms with E-state index >= 15 is 0 Å². The second kappa shape index (κ2) is 4.09. The summed E-state index contributed by atoms with van der Waals surface area (Å²) in [7, 11) is 0. The van der Waals surface area contributed by atoms with E-state index in [9.17, 15) is 4.39 Å². The molecule has 0 spiro atoms. The van der Waals surface area contributed by atoms with E-state index in [2.05, 4.69) is 13.8 Å². The van der Waals surface area contributed by atoms with Gasteiger partial charge in [0.15, 0.2) is 0 Å². The van der Waals surface area contributed by atoms with Crippen molar-refractivity contribution < 1.29 is 4.39 Å². The Kier molecular flexibility index (Phi) is 3.03. The zero-order chi connectivity index (χ0) is 12.7. The molecule has 0 bridgehead atoms. The van der Waals surface area contributed by atoms with Crippen molar-refractivity contribution >= 4 is 0 Å². The first-order chi connectivity index (χ1) is 7.81. The van der Waals surface area contributed by atoms with Gasteiger partial charge in [-0.1, -0.05) is 19.9 Å². The largest absolute Gasteiger partial charge is 0.321 e. The molecule has 0 heterocycles. The molecule has 2 N–H and O–H groups in total. The number of hydrogen-bond donors (Lipinski definition) is 1. The molecule has 0 unspecified atom stereocenters. The van der Waals surface area contributed by atoms with Gasteiger partial charge in [-0.3, -0.25) is 0 Å². The topological polar surface area (TPSA) is 26.0 Å². The quantitative estimate of drug-likeness (QED) is 0.785. The van der Waals surface area contributed by atoms with Crippen molar-refractivity contribution in [2.75, 3.05) is 0 Å². The molecule has 1 saturated carbocycles. The maximum absolute atomic E-state index is 13.4. The molecule has 0 aliphatic heterocycles. The van der Waals surface area contributed by atoms with E-state index in [0.29, 0.717) is 5.41 Å². The van der Waals surface area contributed by atoms with Crippen molar-refractivity contribution in [3.05, 3.63) is 35.1 Å². The molecule has 17 heavy (non-hydrogen) atoms. The van der Waals surface area contributed by atoms with Gasteiger partial charge in [-0.2, -0.15) is 0 Å². The van der Waals surface area contributed by atoms with E-state index in [1.165, 1.54) is 0 Å². The van der Waals surface area contributed by atoms with Gasteiger partial charge < -0.3 is 5.73 Å². The number of halogens is 1. The molecule has 1 aliphatic rings. The van der Waals surface area contributed by atoms with Gasteiger partial charge in [0.1, 0.15) is 5.82 Å². The first-order valence-electron chi connectivity index (χ1n) is 6.37. The molecule has 1 aliphatic carbocycles. The lowest BCUT2D eigenvalue weighted by atomic mass is 9.67. The average molecular weight is 235 g/mol. The summed E-state index contributed by atoms with van der Waals surface area (Å²) in [5.41, 5.74) is 8.44. The Morgan fingerprint density at radius 2 is 1.65 bits per heavy atom. The van der Waals surface area contributed by atoms with Crippen LogP contribution in [0.25, 0.3) is 0 Å². The van der Waals surface area contributed by atoms with Gasteiger partial charge in [0.2, 0.25) is 0 Å². The van der Waals surface area contributed by atoms with Gasteiger partial charge >= 0.3 is 0 Å². The van der Waals surface area contributed by atoms with Crippen LogP contribution < -0.4 is 5.73 Å². The zero-order valence-corrected chi connectivity index (χ0v) is 11.0. The van der Waals surface area contributed by atoms with Gasteiger partial charge in [-0.25, -0.2) is 4.39 Å². The summed E-state index contributed by atoms with van der Waals surface area (Å²) >= 11 is 0. The first kappa shape index (κ1) is 12.6. The second-order valence-corrected chi connectivity index (χ2v) is 6.34. The van der Waals surface area contributed by atoms with Gasteiger partial charge in [0.05, 0.1) is 0 Å². The van der Waals surface area contributed by atoms with Crippen LogP contribution in [0.5, 0.6) is 0 Å². The Bertz CT molecular complexity index is 393. The summed E-state index contributed by atoms with van der Waals surface area (Å²) < 4.78 is 13.4. The third-order valence-corrected chi connectivity index (χ3v) is 4.11. The number of rotatable bonds is 1. The van der Waals surface area contributed by atoms with Gasteiger partial charge in [-0.15, -0.1) is 0 Å². The lowest BCUT2D eigenvalue weighted by molar-refractivity contribution is 0.165. The highest BCUT2D eigenvalue weighted by atomic mass is 19.1. The molecule has 1 nitrogen and oxygen atoms in total. The normalized spacial score (nSPS) is 22.4. The molecular formula is C15H22FN. The highest BCUT2D eigenvalue weighted by molar-refractivity contribution is 5.30. The molecule has 1 aromatic carbocycles. The summed E-state index contributed by atoms with van der Waals surface area (Å²) in [5, 5.41) is 0. The molecule has 0 radical (unpaired) electrons. The highest BCUT2D eigenvalue weighted by Crippen LogP contribution is 2.43. The molecular weight excluding hydrogens is 213 g/mol. The summed E-state index contributed by atoms with van der Waals surface area (Å²) in [6.45, 7) is 6.48. The summed E-state index contributed by atoms with van der Waals surface area (Å²) in [6, 6.07) is 5.19. The molecule has 2 rings (SSSR count). The second-order valence-electron chi connectivity index (χ2n) is 6.34. The number of hydrogen-bond acceptors (Lipinski definition) is 1.